The highest BCUT2D eigenvalue weighted by Crippen LogP contribution is 2.39. The Kier molecular flexibility index (Phi) is 2.87. The number of aliphatic hydroxyl groups excluding tert-OH is 1. The molecule has 0 saturated heterocycles. The van der Waals surface area contributed by atoms with E-state index >= 15 is 0 Å². The second kappa shape index (κ2) is 4.14. The van der Waals surface area contributed by atoms with Crippen molar-refractivity contribution in [3.05, 3.63) is 35.4 Å². The fourth-order valence-electron chi connectivity index (χ4n) is 1.75. The lowest BCUT2D eigenvalue weighted by Crippen LogP contribution is -2.01. The Morgan fingerprint density at radius 3 is 2.43 bits per heavy atom. The fraction of sp³-hybridized carbons (Fsp3) is 0.538. The van der Waals surface area contributed by atoms with Crippen LogP contribution in [0.2, 0.25) is 0 Å². The molecule has 0 aliphatic heterocycles. The molecular formula is C13H18O. The van der Waals surface area contributed by atoms with Gasteiger partial charge in [-0.2, -0.15) is 0 Å². The first-order valence-electron chi connectivity index (χ1n) is 5.52. The number of benzene rings is 1. The Labute approximate surface area is 85.8 Å². The molecule has 0 amide bonds. The average Bonchev–Trinajstić information content (AvgIpc) is 2.99. The number of aryl methyl sites for hydroxylation is 1. The van der Waals surface area contributed by atoms with Gasteiger partial charge in [-0.1, -0.05) is 24.3 Å². The fourth-order valence-corrected chi connectivity index (χ4v) is 1.75. The van der Waals surface area contributed by atoms with Crippen molar-refractivity contribution in [1.82, 2.24) is 0 Å². The molecule has 0 aromatic heterocycles. The minimum Gasteiger partial charge on any atom is -0.393 e. The molecule has 0 unspecified atom stereocenters. The van der Waals surface area contributed by atoms with Crippen molar-refractivity contribution >= 4 is 0 Å². The van der Waals surface area contributed by atoms with Crippen LogP contribution in [0, 0.1) is 0 Å². The van der Waals surface area contributed by atoms with Gasteiger partial charge in [0.1, 0.15) is 0 Å². The van der Waals surface area contributed by atoms with E-state index in [1.807, 2.05) is 6.92 Å². The highest BCUT2D eigenvalue weighted by atomic mass is 16.3. The topological polar surface area (TPSA) is 20.2 Å². The van der Waals surface area contributed by atoms with Crippen LogP contribution in [-0.2, 0) is 6.42 Å². The van der Waals surface area contributed by atoms with Crippen molar-refractivity contribution in [2.75, 3.05) is 0 Å². The van der Waals surface area contributed by atoms with Crippen LogP contribution in [0.4, 0.5) is 0 Å². The Morgan fingerprint density at radius 2 is 1.93 bits per heavy atom. The van der Waals surface area contributed by atoms with Gasteiger partial charge < -0.3 is 5.11 Å². The van der Waals surface area contributed by atoms with Crippen LogP contribution >= 0.6 is 0 Å². The molecule has 1 aliphatic carbocycles. The summed E-state index contributed by atoms with van der Waals surface area (Å²) in [6.07, 6.45) is 4.41. The third-order valence-corrected chi connectivity index (χ3v) is 2.88. The van der Waals surface area contributed by atoms with Gasteiger partial charge in [-0.15, -0.1) is 0 Å². The van der Waals surface area contributed by atoms with Gasteiger partial charge in [0, 0.05) is 0 Å². The maximum Gasteiger partial charge on any atom is 0.0515 e. The van der Waals surface area contributed by atoms with Crippen LogP contribution in [0.3, 0.4) is 0 Å². The molecule has 14 heavy (non-hydrogen) atoms. The number of rotatable bonds is 4. The van der Waals surface area contributed by atoms with Crippen LogP contribution < -0.4 is 0 Å². The number of hydrogen-bond acceptors (Lipinski definition) is 1. The average molecular weight is 190 g/mol. The summed E-state index contributed by atoms with van der Waals surface area (Å²) in [4.78, 5) is 0. The van der Waals surface area contributed by atoms with E-state index in [1.165, 1.54) is 24.0 Å². The summed E-state index contributed by atoms with van der Waals surface area (Å²) < 4.78 is 0. The first kappa shape index (κ1) is 9.72. The zero-order valence-electron chi connectivity index (χ0n) is 8.74. The zero-order chi connectivity index (χ0) is 9.97. The molecule has 0 heterocycles. The smallest absolute Gasteiger partial charge is 0.0515 e. The minimum absolute atomic E-state index is 0.182. The molecule has 1 aromatic rings. The molecule has 0 spiro atoms. The predicted octanol–water partition coefficient (Wildman–Crippen LogP) is 2.88. The third kappa shape index (κ3) is 2.58. The van der Waals surface area contributed by atoms with E-state index < -0.39 is 0 Å². The molecular weight excluding hydrogens is 172 g/mol. The molecule has 1 N–H and O–H groups in total. The standard InChI is InChI=1S/C13H18O/c1-10(14)2-3-11-4-6-12(7-5-11)13-8-9-13/h4-7,10,13-14H,2-3,8-9H2,1H3/t10-/m0/s1. The predicted molar refractivity (Wildman–Crippen MR) is 58.4 cm³/mol. The molecule has 1 fully saturated rings. The number of hydrogen-bond donors (Lipinski definition) is 1. The minimum atomic E-state index is -0.182. The van der Waals surface area contributed by atoms with E-state index in [0.29, 0.717) is 0 Å². The molecule has 76 valence electrons. The molecule has 1 heteroatoms. The summed E-state index contributed by atoms with van der Waals surface area (Å²) in [5.74, 6) is 0.848. The van der Waals surface area contributed by atoms with E-state index in [2.05, 4.69) is 24.3 Å². The van der Waals surface area contributed by atoms with Crippen LogP contribution in [0.1, 0.15) is 43.2 Å². The van der Waals surface area contributed by atoms with Gasteiger partial charge in [0.05, 0.1) is 6.10 Å². The van der Waals surface area contributed by atoms with Gasteiger partial charge >= 0.3 is 0 Å². The summed E-state index contributed by atoms with van der Waals surface area (Å²) in [7, 11) is 0. The molecule has 1 saturated carbocycles. The molecule has 1 nitrogen and oxygen atoms in total. The molecule has 1 atom stereocenters. The van der Waals surface area contributed by atoms with Gasteiger partial charge in [-0.25, -0.2) is 0 Å². The monoisotopic (exact) mass is 190 g/mol. The SMILES string of the molecule is C[C@H](O)CCc1ccc(C2CC2)cc1. The second-order valence-electron chi connectivity index (χ2n) is 4.40. The van der Waals surface area contributed by atoms with Crippen molar-refractivity contribution in [2.45, 2.75) is 44.6 Å². The summed E-state index contributed by atoms with van der Waals surface area (Å²) in [5, 5.41) is 9.17. The van der Waals surface area contributed by atoms with Gasteiger partial charge in [-0.05, 0) is 49.7 Å². The van der Waals surface area contributed by atoms with E-state index in [-0.39, 0.29) is 6.10 Å². The van der Waals surface area contributed by atoms with Gasteiger partial charge in [-0.3, -0.25) is 0 Å². The molecule has 0 radical (unpaired) electrons. The van der Waals surface area contributed by atoms with Crippen LogP contribution in [0.15, 0.2) is 24.3 Å². The Hall–Kier alpha value is -0.820. The lowest BCUT2D eigenvalue weighted by molar-refractivity contribution is 0.185. The quantitative estimate of drug-likeness (QED) is 0.774. The van der Waals surface area contributed by atoms with Crippen molar-refractivity contribution in [3.63, 3.8) is 0 Å². The van der Waals surface area contributed by atoms with Gasteiger partial charge in [0.25, 0.3) is 0 Å². The molecule has 1 aromatic carbocycles. The van der Waals surface area contributed by atoms with E-state index in [0.717, 1.165) is 18.8 Å². The second-order valence-corrected chi connectivity index (χ2v) is 4.40. The molecule has 1 aliphatic rings. The van der Waals surface area contributed by atoms with Crippen LogP contribution in [0.25, 0.3) is 0 Å². The third-order valence-electron chi connectivity index (χ3n) is 2.88. The van der Waals surface area contributed by atoms with Gasteiger partial charge in [0.2, 0.25) is 0 Å². The number of aliphatic hydroxyl groups is 1. The Balaban J connectivity index is 1.92. The first-order chi connectivity index (χ1) is 6.75. The van der Waals surface area contributed by atoms with Crippen molar-refractivity contribution in [1.29, 1.82) is 0 Å². The maximum absolute atomic E-state index is 9.17. The van der Waals surface area contributed by atoms with Crippen LogP contribution in [-0.4, -0.2) is 11.2 Å². The van der Waals surface area contributed by atoms with E-state index in [1.54, 1.807) is 0 Å². The highest BCUT2D eigenvalue weighted by molar-refractivity contribution is 5.28. The van der Waals surface area contributed by atoms with Crippen molar-refractivity contribution < 1.29 is 5.11 Å². The first-order valence-corrected chi connectivity index (χ1v) is 5.52. The maximum atomic E-state index is 9.17. The summed E-state index contributed by atoms with van der Waals surface area (Å²) in [6, 6.07) is 8.90. The van der Waals surface area contributed by atoms with Crippen molar-refractivity contribution in [2.24, 2.45) is 0 Å². The summed E-state index contributed by atoms with van der Waals surface area (Å²) in [6.45, 7) is 1.85. The van der Waals surface area contributed by atoms with Crippen LogP contribution in [0.5, 0.6) is 0 Å². The van der Waals surface area contributed by atoms with E-state index in [9.17, 15) is 0 Å². The summed E-state index contributed by atoms with van der Waals surface area (Å²) in [5.41, 5.74) is 2.83. The Bertz CT molecular complexity index is 283. The Morgan fingerprint density at radius 1 is 1.29 bits per heavy atom. The lowest BCUT2D eigenvalue weighted by atomic mass is 10.0. The largest absolute Gasteiger partial charge is 0.393 e. The van der Waals surface area contributed by atoms with E-state index in [4.69, 9.17) is 5.11 Å². The lowest BCUT2D eigenvalue weighted by Gasteiger charge is -2.05. The molecule has 0 bridgehead atoms. The zero-order valence-corrected chi connectivity index (χ0v) is 8.74. The molecule has 2 rings (SSSR count). The summed E-state index contributed by atoms with van der Waals surface area (Å²) >= 11 is 0. The van der Waals surface area contributed by atoms with Crippen molar-refractivity contribution in [3.8, 4) is 0 Å². The highest BCUT2D eigenvalue weighted by Gasteiger charge is 2.22. The van der Waals surface area contributed by atoms with Gasteiger partial charge in [0.15, 0.2) is 0 Å². The normalized spacial score (nSPS) is 18.1.